The van der Waals surface area contributed by atoms with Crippen molar-refractivity contribution in [3.8, 4) is 5.75 Å². The molecule has 0 unspecified atom stereocenters. The Hall–Kier alpha value is -3.27. The van der Waals surface area contributed by atoms with Crippen molar-refractivity contribution in [1.82, 2.24) is 15.3 Å². The van der Waals surface area contributed by atoms with Gasteiger partial charge < -0.3 is 19.8 Å². The third kappa shape index (κ3) is 5.05. The van der Waals surface area contributed by atoms with Crippen LogP contribution >= 0.6 is 0 Å². The minimum absolute atomic E-state index is 0.0802. The van der Waals surface area contributed by atoms with Gasteiger partial charge in [-0.15, -0.1) is 0 Å². The van der Waals surface area contributed by atoms with Gasteiger partial charge in [-0.05, 0) is 68.5 Å². The zero-order valence-electron chi connectivity index (χ0n) is 18.1. The summed E-state index contributed by atoms with van der Waals surface area (Å²) in [6.45, 7) is 0. The van der Waals surface area contributed by atoms with Gasteiger partial charge in [0.05, 0.1) is 11.0 Å². The first-order chi connectivity index (χ1) is 15.9. The number of benzene rings is 2. The predicted octanol–water partition coefficient (Wildman–Crippen LogP) is 4.36. The zero-order chi connectivity index (χ0) is 22.8. The van der Waals surface area contributed by atoms with Crippen molar-refractivity contribution in [3.63, 3.8) is 0 Å². The highest BCUT2D eigenvalue weighted by atomic mass is 32.2. The van der Waals surface area contributed by atoms with Crippen molar-refractivity contribution in [1.29, 1.82) is 0 Å². The standard InChI is InChI=1S/C23H27N5O4S/c29-23(25-16-6-3-7-16)28-22-26-20-13-10-18(14-21(20)27-22)32-33(30,31)19-11-8-17(9-12-19)24-15-4-1-2-5-15/h8-16,24H,1-7H2,(H3,25,26,27,28,29). The van der Waals surface area contributed by atoms with Gasteiger partial charge in [-0.25, -0.2) is 9.78 Å². The van der Waals surface area contributed by atoms with Crippen molar-refractivity contribution in [2.24, 2.45) is 0 Å². The molecule has 0 atom stereocenters. The molecule has 1 heterocycles. The molecule has 2 amide bonds. The Kier molecular flexibility index (Phi) is 5.84. The Morgan fingerprint density at radius 3 is 2.39 bits per heavy atom. The second-order valence-corrected chi connectivity index (χ2v) is 10.2. The van der Waals surface area contributed by atoms with Gasteiger partial charge in [0, 0.05) is 23.8 Å². The van der Waals surface area contributed by atoms with Gasteiger partial charge in [-0.3, -0.25) is 5.32 Å². The van der Waals surface area contributed by atoms with E-state index in [4.69, 9.17) is 4.18 Å². The normalized spacial score (nSPS) is 17.0. The number of hydrogen-bond donors (Lipinski definition) is 4. The van der Waals surface area contributed by atoms with Crippen LogP contribution in [-0.2, 0) is 10.1 Å². The van der Waals surface area contributed by atoms with E-state index in [2.05, 4.69) is 25.9 Å². The molecule has 2 saturated carbocycles. The average Bonchev–Trinajstić information content (AvgIpc) is 3.40. The molecular weight excluding hydrogens is 442 g/mol. The highest BCUT2D eigenvalue weighted by Crippen LogP contribution is 2.26. The van der Waals surface area contributed by atoms with Gasteiger partial charge in [-0.2, -0.15) is 8.42 Å². The molecule has 2 aliphatic carbocycles. The van der Waals surface area contributed by atoms with Crippen molar-refractivity contribution >= 4 is 38.8 Å². The molecule has 2 aliphatic rings. The van der Waals surface area contributed by atoms with Crippen LogP contribution in [0.25, 0.3) is 11.0 Å². The van der Waals surface area contributed by atoms with Gasteiger partial charge >= 0.3 is 16.1 Å². The number of rotatable bonds is 7. The monoisotopic (exact) mass is 469 g/mol. The minimum atomic E-state index is -3.99. The van der Waals surface area contributed by atoms with Crippen molar-refractivity contribution in [3.05, 3.63) is 42.5 Å². The van der Waals surface area contributed by atoms with Gasteiger partial charge in [-0.1, -0.05) is 12.8 Å². The van der Waals surface area contributed by atoms with E-state index in [0.717, 1.165) is 37.8 Å². The van der Waals surface area contributed by atoms with Crippen molar-refractivity contribution in [2.75, 3.05) is 10.6 Å². The maximum Gasteiger partial charge on any atom is 0.339 e. The summed E-state index contributed by atoms with van der Waals surface area (Å²) in [6, 6.07) is 11.7. The second-order valence-electron chi connectivity index (χ2n) is 8.68. The molecule has 0 spiro atoms. The van der Waals surface area contributed by atoms with Crippen molar-refractivity contribution in [2.45, 2.75) is 61.9 Å². The second kappa shape index (κ2) is 8.93. The lowest BCUT2D eigenvalue weighted by Gasteiger charge is -2.26. The van der Waals surface area contributed by atoms with E-state index in [1.54, 1.807) is 36.4 Å². The number of urea groups is 1. The molecule has 0 aliphatic heterocycles. The van der Waals surface area contributed by atoms with Crippen LogP contribution in [-0.4, -0.2) is 36.5 Å². The Morgan fingerprint density at radius 1 is 0.970 bits per heavy atom. The number of fused-ring (bicyclic) bond motifs is 1. The van der Waals surface area contributed by atoms with E-state index in [1.807, 2.05) is 0 Å². The lowest BCUT2D eigenvalue weighted by molar-refractivity contribution is 0.240. The van der Waals surface area contributed by atoms with Crippen LogP contribution in [0.5, 0.6) is 5.75 Å². The molecular formula is C23H27N5O4S. The first-order valence-electron chi connectivity index (χ1n) is 11.3. The van der Waals surface area contributed by atoms with E-state index >= 15 is 0 Å². The van der Waals surface area contributed by atoms with Gasteiger partial charge in [0.2, 0.25) is 5.95 Å². The molecule has 174 valence electrons. The molecule has 0 radical (unpaired) electrons. The summed E-state index contributed by atoms with van der Waals surface area (Å²) in [4.78, 5) is 19.4. The minimum Gasteiger partial charge on any atom is -0.382 e. The number of carbonyl (C=O) groups excluding carboxylic acids is 1. The van der Waals surface area contributed by atoms with Crippen LogP contribution in [0, 0.1) is 0 Å². The summed E-state index contributed by atoms with van der Waals surface area (Å²) in [5.74, 6) is 0.430. The summed E-state index contributed by atoms with van der Waals surface area (Å²) < 4.78 is 30.8. The number of amides is 2. The lowest BCUT2D eigenvalue weighted by atomic mass is 9.93. The SMILES string of the molecule is O=C(Nc1nc2cc(OS(=O)(=O)c3ccc(NC4CCCC4)cc3)ccc2[nH]1)NC1CCC1. The molecule has 2 aromatic carbocycles. The van der Waals surface area contributed by atoms with Gasteiger partial charge in [0.15, 0.2) is 0 Å². The average molecular weight is 470 g/mol. The quantitative estimate of drug-likeness (QED) is 0.381. The number of anilines is 2. The number of imidazole rings is 1. The maximum atomic E-state index is 12.7. The molecule has 3 aromatic rings. The van der Waals surface area contributed by atoms with E-state index in [9.17, 15) is 13.2 Å². The fourth-order valence-corrected chi connectivity index (χ4v) is 5.10. The number of carbonyl (C=O) groups is 1. The highest BCUT2D eigenvalue weighted by Gasteiger charge is 2.21. The number of hydrogen-bond acceptors (Lipinski definition) is 6. The van der Waals surface area contributed by atoms with E-state index in [1.165, 1.54) is 18.9 Å². The fraction of sp³-hybridized carbons (Fsp3) is 0.391. The predicted molar refractivity (Wildman–Crippen MR) is 126 cm³/mol. The van der Waals surface area contributed by atoms with Crippen LogP contribution in [0.4, 0.5) is 16.4 Å². The number of aromatic amines is 1. The Labute approximate surface area is 192 Å². The van der Waals surface area contributed by atoms with Gasteiger partial charge in [0.1, 0.15) is 10.6 Å². The van der Waals surface area contributed by atoms with E-state index in [-0.39, 0.29) is 28.7 Å². The van der Waals surface area contributed by atoms with Gasteiger partial charge in [0.25, 0.3) is 0 Å². The molecule has 5 rings (SSSR count). The fourth-order valence-electron chi connectivity index (χ4n) is 4.18. The van der Waals surface area contributed by atoms with Crippen LogP contribution in [0.1, 0.15) is 44.9 Å². The summed E-state index contributed by atoms with van der Waals surface area (Å²) in [7, 11) is -3.99. The molecule has 0 saturated heterocycles. The highest BCUT2D eigenvalue weighted by molar-refractivity contribution is 7.87. The van der Waals surface area contributed by atoms with Crippen LogP contribution < -0.4 is 20.1 Å². The summed E-state index contributed by atoms with van der Waals surface area (Å²) in [5, 5.41) is 8.99. The molecule has 9 nitrogen and oxygen atoms in total. The van der Waals surface area contributed by atoms with Crippen LogP contribution in [0.15, 0.2) is 47.4 Å². The summed E-state index contributed by atoms with van der Waals surface area (Å²) in [5.41, 5.74) is 2.04. The Morgan fingerprint density at radius 2 is 1.70 bits per heavy atom. The van der Waals surface area contributed by atoms with Crippen LogP contribution in [0.2, 0.25) is 0 Å². The molecule has 33 heavy (non-hydrogen) atoms. The van der Waals surface area contributed by atoms with Crippen molar-refractivity contribution < 1.29 is 17.4 Å². The topological polar surface area (TPSA) is 125 Å². The smallest absolute Gasteiger partial charge is 0.339 e. The largest absolute Gasteiger partial charge is 0.382 e. The number of aromatic nitrogens is 2. The third-order valence-corrected chi connectivity index (χ3v) is 7.46. The molecule has 1 aromatic heterocycles. The number of nitrogens with one attached hydrogen (secondary N) is 4. The lowest BCUT2D eigenvalue weighted by Crippen LogP contribution is -2.42. The first kappa shape index (κ1) is 21.6. The molecule has 0 bridgehead atoms. The third-order valence-electron chi connectivity index (χ3n) is 6.20. The Balaban J connectivity index is 1.25. The molecule has 2 fully saturated rings. The van der Waals surface area contributed by atoms with E-state index < -0.39 is 10.1 Å². The summed E-state index contributed by atoms with van der Waals surface area (Å²) in [6.07, 6.45) is 7.84. The summed E-state index contributed by atoms with van der Waals surface area (Å²) >= 11 is 0. The number of nitrogens with zero attached hydrogens (tertiary/aromatic N) is 1. The van der Waals surface area contributed by atoms with E-state index in [0.29, 0.717) is 17.1 Å². The zero-order valence-corrected chi connectivity index (χ0v) is 19.0. The first-order valence-corrected chi connectivity index (χ1v) is 12.7. The Bertz CT molecular complexity index is 1250. The maximum absolute atomic E-state index is 12.7. The molecule has 10 heteroatoms. The number of H-pyrrole nitrogens is 1. The molecule has 4 N–H and O–H groups in total. The van der Waals surface area contributed by atoms with Crippen LogP contribution in [0.3, 0.4) is 0 Å².